The molecule has 0 radical (unpaired) electrons. The van der Waals surface area contributed by atoms with Crippen LogP contribution in [0.2, 0.25) is 5.15 Å². The van der Waals surface area contributed by atoms with Gasteiger partial charge in [0.05, 0.1) is 6.20 Å². The summed E-state index contributed by atoms with van der Waals surface area (Å²) < 4.78 is 1.66. The third-order valence-electron chi connectivity index (χ3n) is 3.13. The maximum Gasteiger partial charge on any atom is 0.156 e. The number of nitrogens with zero attached hydrogens (tertiary/aromatic N) is 3. The van der Waals surface area contributed by atoms with Gasteiger partial charge in [0, 0.05) is 17.7 Å². The van der Waals surface area contributed by atoms with E-state index in [-0.39, 0.29) is 0 Å². The summed E-state index contributed by atoms with van der Waals surface area (Å²) in [5.74, 6) is 1.32. The van der Waals surface area contributed by atoms with Crippen molar-refractivity contribution in [3.8, 4) is 0 Å². The van der Waals surface area contributed by atoms with Crippen LogP contribution in [0.15, 0.2) is 18.3 Å². The molecule has 2 aromatic rings. The summed E-state index contributed by atoms with van der Waals surface area (Å²) >= 11 is 6.13. The number of hydrogen-bond donors (Lipinski definition) is 0. The fraction of sp³-hybridized carbons (Fsp3) is 0.455. The molecule has 0 spiro atoms. The zero-order valence-electron chi connectivity index (χ0n) is 8.52. The lowest BCUT2D eigenvalue weighted by Gasteiger charge is -2.10. The Morgan fingerprint density at radius 2 is 2.33 bits per heavy atom. The van der Waals surface area contributed by atoms with Crippen molar-refractivity contribution in [1.82, 2.24) is 14.6 Å². The van der Waals surface area contributed by atoms with Crippen LogP contribution in [-0.2, 0) is 0 Å². The van der Waals surface area contributed by atoms with Gasteiger partial charge in [-0.3, -0.25) is 0 Å². The number of hydrogen-bond acceptors (Lipinski definition) is 2. The highest BCUT2D eigenvalue weighted by Gasteiger charge is 2.30. The smallest absolute Gasteiger partial charge is 0.156 e. The molecule has 0 aliphatic heterocycles. The number of halogens is 1. The Morgan fingerprint density at radius 3 is 3.07 bits per heavy atom. The lowest BCUT2D eigenvalue weighted by Crippen LogP contribution is -2.02. The van der Waals surface area contributed by atoms with Crippen molar-refractivity contribution in [2.75, 3.05) is 0 Å². The molecule has 2 aromatic heterocycles. The van der Waals surface area contributed by atoms with Gasteiger partial charge in [0.25, 0.3) is 0 Å². The lowest BCUT2D eigenvalue weighted by molar-refractivity contribution is 0.642. The van der Waals surface area contributed by atoms with Crippen molar-refractivity contribution >= 4 is 17.2 Å². The maximum atomic E-state index is 6.13. The highest BCUT2D eigenvalue weighted by Crippen LogP contribution is 2.42. The average Bonchev–Trinajstić information content (AvgIpc) is 2.96. The van der Waals surface area contributed by atoms with E-state index >= 15 is 0 Å². The van der Waals surface area contributed by atoms with E-state index in [0.29, 0.717) is 11.1 Å². The molecule has 3 nitrogen and oxygen atoms in total. The second-order valence-electron chi connectivity index (χ2n) is 4.23. The van der Waals surface area contributed by atoms with Gasteiger partial charge < -0.3 is 0 Å². The summed E-state index contributed by atoms with van der Waals surface area (Å²) in [6, 6.07) is 3.82. The van der Waals surface area contributed by atoms with Gasteiger partial charge in [0.2, 0.25) is 0 Å². The summed E-state index contributed by atoms with van der Waals surface area (Å²) in [6.07, 6.45) is 4.37. The Morgan fingerprint density at radius 1 is 1.53 bits per heavy atom. The first-order valence-electron chi connectivity index (χ1n) is 5.26. The third kappa shape index (κ3) is 1.51. The second kappa shape index (κ2) is 3.20. The van der Waals surface area contributed by atoms with Crippen LogP contribution in [-0.4, -0.2) is 14.6 Å². The monoisotopic (exact) mass is 221 g/mol. The molecule has 78 valence electrons. The van der Waals surface area contributed by atoms with Crippen LogP contribution in [0.1, 0.15) is 31.4 Å². The minimum Gasteiger partial charge on any atom is -0.233 e. The topological polar surface area (TPSA) is 30.2 Å². The summed E-state index contributed by atoms with van der Waals surface area (Å²) in [4.78, 5) is 4.57. The molecular formula is C11H12ClN3. The van der Waals surface area contributed by atoms with Crippen LogP contribution in [0.4, 0.5) is 0 Å². The first kappa shape index (κ1) is 9.16. The molecule has 3 rings (SSSR count). The molecule has 0 bridgehead atoms. The predicted molar refractivity (Wildman–Crippen MR) is 59.1 cm³/mol. The highest BCUT2D eigenvalue weighted by atomic mass is 35.5. The zero-order valence-corrected chi connectivity index (χ0v) is 9.28. The van der Waals surface area contributed by atoms with Gasteiger partial charge >= 0.3 is 0 Å². The molecule has 0 saturated heterocycles. The minimum atomic E-state index is 0.516. The van der Waals surface area contributed by atoms with E-state index in [1.165, 1.54) is 12.8 Å². The van der Waals surface area contributed by atoms with Gasteiger partial charge in [0.1, 0.15) is 5.15 Å². The first-order chi connectivity index (χ1) is 7.25. The fourth-order valence-corrected chi connectivity index (χ4v) is 2.21. The molecule has 1 aliphatic carbocycles. The van der Waals surface area contributed by atoms with E-state index in [1.54, 1.807) is 10.7 Å². The largest absolute Gasteiger partial charge is 0.233 e. The molecule has 0 N–H and O–H groups in total. The van der Waals surface area contributed by atoms with Gasteiger partial charge in [0.15, 0.2) is 5.65 Å². The number of fused-ring (bicyclic) bond motifs is 1. The second-order valence-corrected chi connectivity index (χ2v) is 4.62. The SMILES string of the molecule is CC(c1cc(Cl)n2nccc2n1)C1CC1. The highest BCUT2D eigenvalue weighted by molar-refractivity contribution is 6.29. The molecule has 1 atom stereocenters. The van der Waals surface area contributed by atoms with Crippen LogP contribution >= 0.6 is 11.6 Å². The van der Waals surface area contributed by atoms with Crippen molar-refractivity contribution in [1.29, 1.82) is 0 Å². The Hall–Kier alpha value is -1.09. The van der Waals surface area contributed by atoms with Gasteiger partial charge in [-0.25, -0.2) is 9.50 Å². The first-order valence-corrected chi connectivity index (χ1v) is 5.63. The predicted octanol–water partition coefficient (Wildman–Crippen LogP) is 2.90. The van der Waals surface area contributed by atoms with E-state index in [4.69, 9.17) is 11.6 Å². The molecule has 0 amide bonds. The van der Waals surface area contributed by atoms with E-state index in [9.17, 15) is 0 Å². The molecule has 1 aliphatic rings. The number of rotatable bonds is 2. The number of aromatic nitrogens is 3. The summed E-state index contributed by atoms with van der Waals surface area (Å²) in [7, 11) is 0. The molecule has 15 heavy (non-hydrogen) atoms. The Kier molecular flexibility index (Phi) is 1.96. The molecule has 1 fully saturated rings. The van der Waals surface area contributed by atoms with Crippen molar-refractivity contribution in [3.05, 3.63) is 29.2 Å². The van der Waals surface area contributed by atoms with E-state index in [2.05, 4.69) is 17.0 Å². The third-order valence-corrected chi connectivity index (χ3v) is 3.40. The van der Waals surface area contributed by atoms with Crippen LogP contribution < -0.4 is 0 Å². The van der Waals surface area contributed by atoms with Crippen LogP contribution in [0.25, 0.3) is 5.65 Å². The standard InChI is InChI=1S/C11H12ClN3/c1-7(8-2-3-8)9-6-10(12)15-11(14-9)4-5-13-15/h4-8H,2-3H2,1H3. The maximum absolute atomic E-state index is 6.13. The Balaban J connectivity index is 2.10. The quantitative estimate of drug-likeness (QED) is 0.730. The molecular weight excluding hydrogens is 210 g/mol. The van der Waals surface area contributed by atoms with Gasteiger partial charge in [-0.1, -0.05) is 18.5 Å². The van der Waals surface area contributed by atoms with Crippen LogP contribution in [0.5, 0.6) is 0 Å². The fourth-order valence-electron chi connectivity index (χ4n) is 1.96. The minimum absolute atomic E-state index is 0.516. The molecule has 1 unspecified atom stereocenters. The van der Waals surface area contributed by atoms with Crippen LogP contribution in [0.3, 0.4) is 0 Å². The summed E-state index contributed by atoms with van der Waals surface area (Å²) in [6.45, 7) is 2.23. The van der Waals surface area contributed by atoms with Crippen molar-refractivity contribution in [3.63, 3.8) is 0 Å². The normalized spacial score (nSPS) is 18.3. The summed E-state index contributed by atoms with van der Waals surface area (Å²) in [5.41, 5.74) is 1.93. The van der Waals surface area contributed by atoms with E-state index < -0.39 is 0 Å². The molecule has 1 saturated carbocycles. The van der Waals surface area contributed by atoms with Crippen LogP contribution in [0, 0.1) is 5.92 Å². The molecule has 4 heteroatoms. The van der Waals surface area contributed by atoms with Gasteiger partial charge in [-0.2, -0.15) is 5.10 Å². The van der Waals surface area contributed by atoms with Crippen molar-refractivity contribution < 1.29 is 0 Å². The van der Waals surface area contributed by atoms with E-state index in [0.717, 1.165) is 17.3 Å². The van der Waals surface area contributed by atoms with Crippen molar-refractivity contribution in [2.45, 2.75) is 25.7 Å². The Labute approximate surface area is 93.1 Å². The zero-order chi connectivity index (χ0) is 10.4. The molecule has 2 heterocycles. The van der Waals surface area contributed by atoms with Gasteiger partial charge in [-0.05, 0) is 24.8 Å². The van der Waals surface area contributed by atoms with E-state index in [1.807, 2.05) is 12.1 Å². The summed E-state index contributed by atoms with van der Waals surface area (Å²) in [5, 5.41) is 4.75. The average molecular weight is 222 g/mol. The Bertz CT molecular complexity index is 502. The lowest BCUT2D eigenvalue weighted by atomic mass is 10.0. The molecule has 0 aromatic carbocycles. The van der Waals surface area contributed by atoms with Crippen molar-refractivity contribution in [2.24, 2.45) is 5.92 Å². The van der Waals surface area contributed by atoms with Gasteiger partial charge in [-0.15, -0.1) is 0 Å².